The van der Waals surface area contributed by atoms with Gasteiger partial charge in [0.05, 0.1) is 5.56 Å². The average molecular weight is 290 g/mol. The van der Waals surface area contributed by atoms with Crippen molar-refractivity contribution in [1.29, 1.82) is 0 Å². The highest BCUT2D eigenvalue weighted by molar-refractivity contribution is 5.87. The van der Waals surface area contributed by atoms with Gasteiger partial charge >= 0.3 is 12.0 Å². The van der Waals surface area contributed by atoms with Gasteiger partial charge in [-0.1, -0.05) is 38.5 Å². The number of urea groups is 1. The molecule has 21 heavy (non-hydrogen) atoms. The number of amides is 2. The monoisotopic (exact) mass is 290 g/mol. The van der Waals surface area contributed by atoms with Crippen molar-refractivity contribution in [3.8, 4) is 0 Å². The molecule has 0 atom stereocenters. The molecular formula is C16H22N2O3. The first-order chi connectivity index (χ1) is 9.70. The number of rotatable bonds is 4. The lowest BCUT2D eigenvalue weighted by molar-refractivity contribution is 0.0697. The number of hydrogen-bond acceptors (Lipinski definition) is 2. The molecule has 1 aromatic rings. The lowest BCUT2D eigenvalue weighted by Crippen LogP contribution is -2.32. The summed E-state index contributed by atoms with van der Waals surface area (Å²) < 4.78 is 0. The molecule has 0 spiro atoms. The van der Waals surface area contributed by atoms with Gasteiger partial charge in [-0.2, -0.15) is 0 Å². The van der Waals surface area contributed by atoms with E-state index in [9.17, 15) is 9.59 Å². The molecule has 0 aliphatic heterocycles. The van der Waals surface area contributed by atoms with E-state index in [1.54, 1.807) is 18.3 Å². The van der Waals surface area contributed by atoms with Crippen LogP contribution in [0.5, 0.6) is 0 Å². The van der Waals surface area contributed by atoms with Crippen molar-refractivity contribution in [2.24, 2.45) is 5.41 Å². The van der Waals surface area contributed by atoms with E-state index in [2.05, 4.69) is 31.4 Å². The number of benzene rings is 1. The molecule has 0 bridgehead atoms. The van der Waals surface area contributed by atoms with Gasteiger partial charge in [0.1, 0.15) is 0 Å². The normalized spacial score (nSPS) is 11.9. The fourth-order valence-corrected chi connectivity index (χ4v) is 1.39. The average Bonchev–Trinajstić information content (AvgIpc) is 2.41. The van der Waals surface area contributed by atoms with Crippen molar-refractivity contribution in [3.05, 3.63) is 47.2 Å². The maximum absolute atomic E-state index is 11.7. The predicted molar refractivity (Wildman–Crippen MR) is 82.0 cm³/mol. The smallest absolute Gasteiger partial charge is 0.335 e. The first kappa shape index (κ1) is 16.8. The van der Waals surface area contributed by atoms with Crippen LogP contribution in [0.4, 0.5) is 4.79 Å². The van der Waals surface area contributed by atoms with E-state index in [4.69, 9.17) is 5.11 Å². The summed E-state index contributed by atoms with van der Waals surface area (Å²) >= 11 is 0. The first-order valence-electron chi connectivity index (χ1n) is 6.74. The van der Waals surface area contributed by atoms with Crippen molar-refractivity contribution >= 4 is 12.0 Å². The van der Waals surface area contributed by atoms with E-state index in [0.29, 0.717) is 6.54 Å². The molecule has 3 N–H and O–H groups in total. The van der Waals surface area contributed by atoms with Gasteiger partial charge in [-0.25, -0.2) is 9.59 Å². The number of nitrogens with one attached hydrogen (secondary N) is 2. The Balaban J connectivity index is 2.48. The van der Waals surface area contributed by atoms with E-state index in [1.807, 2.05) is 6.92 Å². The molecule has 0 saturated heterocycles. The van der Waals surface area contributed by atoms with E-state index in [1.165, 1.54) is 12.1 Å². The second-order valence-electron chi connectivity index (χ2n) is 5.91. The van der Waals surface area contributed by atoms with E-state index in [-0.39, 0.29) is 17.0 Å². The largest absolute Gasteiger partial charge is 0.478 e. The number of hydrogen-bond donors (Lipinski definition) is 3. The van der Waals surface area contributed by atoms with Crippen LogP contribution < -0.4 is 10.6 Å². The Bertz CT molecular complexity index is 540. The maximum Gasteiger partial charge on any atom is 0.335 e. The van der Waals surface area contributed by atoms with Crippen LogP contribution in [0.25, 0.3) is 0 Å². The fraction of sp³-hybridized carbons (Fsp3) is 0.375. The van der Waals surface area contributed by atoms with E-state index < -0.39 is 5.97 Å². The minimum atomic E-state index is -0.963. The quantitative estimate of drug-likeness (QED) is 0.797. The molecule has 0 saturated carbocycles. The number of aromatic carboxylic acids is 1. The van der Waals surface area contributed by atoms with Crippen LogP contribution >= 0.6 is 0 Å². The molecule has 0 unspecified atom stereocenters. The van der Waals surface area contributed by atoms with Crippen molar-refractivity contribution < 1.29 is 14.7 Å². The van der Waals surface area contributed by atoms with Crippen molar-refractivity contribution in [3.63, 3.8) is 0 Å². The molecule has 5 heteroatoms. The second-order valence-corrected chi connectivity index (χ2v) is 5.91. The van der Waals surface area contributed by atoms with Crippen molar-refractivity contribution in [2.75, 3.05) is 0 Å². The molecule has 114 valence electrons. The minimum Gasteiger partial charge on any atom is -0.478 e. The topological polar surface area (TPSA) is 78.4 Å². The summed E-state index contributed by atoms with van der Waals surface area (Å²) in [5.41, 5.74) is 2.15. The zero-order chi connectivity index (χ0) is 16.0. The molecule has 0 aliphatic carbocycles. The number of carboxylic acid groups (broad SMARTS) is 1. The molecule has 0 radical (unpaired) electrons. The Morgan fingerprint density at radius 2 is 1.76 bits per heavy atom. The van der Waals surface area contributed by atoms with Gasteiger partial charge in [0.15, 0.2) is 0 Å². The van der Waals surface area contributed by atoms with Gasteiger partial charge < -0.3 is 15.7 Å². The number of allylic oxidation sites excluding steroid dienone is 1. The zero-order valence-electron chi connectivity index (χ0n) is 12.9. The highest BCUT2D eigenvalue weighted by Gasteiger charge is 2.12. The molecular weight excluding hydrogens is 268 g/mol. The molecule has 0 fully saturated rings. The molecule has 1 rings (SSSR count). The summed E-state index contributed by atoms with van der Waals surface area (Å²) in [6, 6.07) is 6.10. The van der Waals surface area contributed by atoms with Crippen LogP contribution in [0.15, 0.2) is 36.0 Å². The highest BCUT2D eigenvalue weighted by atomic mass is 16.4. The Labute approximate surface area is 125 Å². The molecule has 0 aliphatic rings. The van der Waals surface area contributed by atoms with E-state index >= 15 is 0 Å². The Kier molecular flexibility index (Phi) is 5.52. The third kappa shape index (κ3) is 5.69. The predicted octanol–water partition coefficient (Wildman–Crippen LogP) is 3.13. The third-order valence-corrected chi connectivity index (χ3v) is 3.26. The van der Waals surface area contributed by atoms with Gasteiger partial charge in [-0.15, -0.1) is 0 Å². The first-order valence-corrected chi connectivity index (χ1v) is 6.74. The van der Waals surface area contributed by atoms with Crippen molar-refractivity contribution in [2.45, 2.75) is 34.2 Å². The van der Waals surface area contributed by atoms with Crippen LogP contribution in [0.1, 0.15) is 43.6 Å². The van der Waals surface area contributed by atoms with Gasteiger partial charge in [-0.05, 0) is 30.0 Å². The maximum atomic E-state index is 11.7. The molecule has 1 aromatic carbocycles. The summed E-state index contributed by atoms with van der Waals surface area (Å²) in [6.45, 7) is 8.52. The number of carbonyl (C=O) groups excluding carboxylic acids is 1. The summed E-state index contributed by atoms with van der Waals surface area (Å²) in [4.78, 5) is 22.4. The summed E-state index contributed by atoms with van der Waals surface area (Å²) in [6.07, 6.45) is 1.70. The fourth-order valence-electron chi connectivity index (χ4n) is 1.39. The van der Waals surface area contributed by atoms with Gasteiger partial charge in [0, 0.05) is 12.7 Å². The molecule has 0 aromatic heterocycles. The lowest BCUT2D eigenvalue weighted by atomic mass is 9.88. The van der Waals surface area contributed by atoms with E-state index in [0.717, 1.165) is 11.1 Å². The molecule has 5 nitrogen and oxygen atoms in total. The standard InChI is InChI=1S/C16H22N2O3/c1-11(16(2,3)4)9-17-15(21)18-10-12-5-7-13(8-6-12)14(19)20/h5-9H,10H2,1-4H3,(H,19,20)(H2,17,18,21)/b11-9+. The Hall–Kier alpha value is -2.30. The van der Waals surface area contributed by atoms with Gasteiger partial charge in [0.25, 0.3) is 0 Å². The van der Waals surface area contributed by atoms with Crippen LogP contribution in [0.3, 0.4) is 0 Å². The van der Waals surface area contributed by atoms with Crippen LogP contribution in [-0.4, -0.2) is 17.1 Å². The molecule has 0 heterocycles. The Morgan fingerprint density at radius 3 is 2.24 bits per heavy atom. The second kappa shape index (κ2) is 6.92. The van der Waals surface area contributed by atoms with Crippen LogP contribution in [0, 0.1) is 5.41 Å². The Morgan fingerprint density at radius 1 is 1.19 bits per heavy atom. The lowest BCUT2D eigenvalue weighted by Gasteiger charge is -2.19. The number of carbonyl (C=O) groups is 2. The van der Waals surface area contributed by atoms with Crippen molar-refractivity contribution in [1.82, 2.24) is 10.6 Å². The van der Waals surface area contributed by atoms with Gasteiger partial charge in [-0.3, -0.25) is 0 Å². The van der Waals surface area contributed by atoms with Crippen LogP contribution in [0.2, 0.25) is 0 Å². The minimum absolute atomic E-state index is 0.0138. The summed E-state index contributed by atoms with van der Waals surface area (Å²) in [5.74, 6) is -0.963. The summed E-state index contributed by atoms with van der Waals surface area (Å²) in [7, 11) is 0. The zero-order valence-corrected chi connectivity index (χ0v) is 12.9. The molecule has 2 amide bonds. The highest BCUT2D eigenvalue weighted by Crippen LogP contribution is 2.23. The third-order valence-electron chi connectivity index (χ3n) is 3.26. The van der Waals surface area contributed by atoms with Gasteiger partial charge in [0.2, 0.25) is 0 Å². The number of carboxylic acids is 1. The van der Waals surface area contributed by atoms with Crippen LogP contribution in [-0.2, 0) is 6.54 Å². The summed E-state index contributed by atoms with van der Waals surface area (Å²) in [5, 5.41) is 14.2. The SMILES string of the molecule is C/C(=C\NC(=O)NCc1ccc(C(=O)O)cc1)C(C)(C)C.